The van der Waals surface area contributed by atoms with Gasteiger partial charge in [0.1, 0.15) is 0 Å². The fraction of sp³-hybridized carbons (Fsp3) is 0.0286. The van der Waals surface area contributed by atoms with Crippen molar-refractivity contribution in [3.63, 3.8) is 0 Å². The Hall–Kier alpha value is -5.02. The summed E-state index contributed by atoms with van der Waals surface area (Å²) in [6, 6.07) is 33.9. The van der Waals surface area contributed by atoms with Crippen molar-refractivity contribution in [1.82, 2.24) is 14.4 Å². The molecule has 2 aliphatic carbocycles. The Morgan fingerprint density at radius 3 is 1.68 bits per heavy atom. The second-order valence-electron chi connectivity index (χ2n) is 10.6. The quantitative estimate of drug-likeness (QED) is 0.220. The molecule has 1 spiro atoms. The van der Waals surface area contributed by atoms with Crippen LogP contribution in [0, 0.1) is 0 Å². The molecule has 0 bridgehead atoms. The first kappa shape index (κ1) is 19.1. The molecule has 4 aromatic carbocycles. The highest BCUT2D eigenvalue weighted by Crippen LogP contribution is 2.65. The molecule has 3 heteroatoms. The predicted molar refractivity (Wildman–Crippen MR) is 153 cm³/mol. The van der Waals surface area contributed by atoms with Crippen molar-refractivity contribution in [2.24, 2.45) is 0 Å². The van der Waals surface area contributed by atoms with Gasteiger partial charge in [0.2, 0.25) is 0 Å². The first-order valence-corrected chi connectivity index (χ1v) is 13.1. The molecule has 3 nitrogen and oxygen atoms in total. The van der Waals surface area contributed by atoms with Gasteiger partial charge in [0.15, 0.2) is 0 Å². The third-order valence-electron chi connectivity index (χ3n) is 9.11. The van der Waals surface area contributed by atoms with E-state index in [4.69, 9.17) is 0 Å². The Bertz CT molecular complexity index is 2260. The van der Waals surface area contributed by atoms with Crippen LogP contribution in [-0.2, 0) is 5.41 Å². The number of nitrogens with zero attached hydrogens (tertiary/aromatic N) is 3. The normalized spacial score (nSPS) is 14.5. The molecule has 2 aliphatic rings. The van der Waals surface area contributed by atoms with Gasteiger partial charge in [-0.25, -0.2) is 0 Å². The average Bonchev–Trinajstić information content (AvgIpc) is 3.68. The number of hydrogen-bond acceptors (Lipinski definition) is 2. The van der Waals surface area contributed by atoms with E-state index in [1.165, 1.54) is 71.6 Å². The maximum atomic E-state index is 4.57. The van der Waals surface area contributed by atoms with Gasteiger partial charge in [-0.1, -0.05) is 72.8 Å². The number of fused-ring (bicyclic) bond motifs is 17. The van der Waals surface area contributed by atoms with Crippen LogP contribution in [0.5, 0.6) is 0 Å². The van der Waals surface area contributed by atoms with Gasteiger partial charge < -0.3 is 4.40 Å². The molecule has 0 fully saturated rings. The van der Waals surface area contributed by atoms with Crippen LogP contribution in [0.2, 0.25) is 0 Å². The van der Waals surface area contributed by atoms with Crippen LogP contribution in [0.3, 0.4) is 0 Å². The Morgan fingerprint density at radius 2 is 1.05 bits per heavy atom. The minimum absolute atomic E-state index is 0.382. The van der Waals surface area contributed by atoms with Gasteiger partial charge >= 0.3 is 0 Å². The summed E-state index contributed by atoms with van der Waals surface area (Å²) < 4.78 is 2.39. The van der Waals surface area contributed by atoms with Crippen LogP contribution in [0.15, 0.2) is 116 Å². The molecule has 0 amide bonds. The molecule has 0 N–H and O–H groups in total. The van der Waals surface area contributed by atoms with Crippen molar-refractivity contribution >= 4 is 38.1 Å². The van der Waals surface area contributed by atoms with E-state index >= 15 is 0 Å². The molecule has 0 saturated heterocycles. The molecule has 0 atom stereocenters. The SMILES string of the molecule is c1ccc2c(c1)-c1ccccc1C21c2ccccc2-c2cc3c4ccncc4n4c5cnccc5c(c21)c34. The Kier molecular flexibility index (Phi) is 3.16. The lowest BCUT2D eigenvalue weighted by Crippen LogP contribution is -2.26. The van der Waals surface area contributed by atoms with Gasteiger partial charge in [0.25, 0.3) is 0 Å². The summed E-state index contributed by atoms with van der Waals surface area (Å²) in [6.07, 6.45) is 7.85. The summed E-state index contributed by atoms with van der Waals surface area (Å²) in [7, 11) is 0. The molecular formula is C35H19N3. The summed E-state index contributed by atoms with van der Waals surface area (Å²) in [5.74, 6) is 0. The smallest absolute Gasteiger partial charge is 0.0732 e. The molecule has 10 rings (SSSR count). The molecule has 4 aromatic heterocycles. The van der Waals surface area contributed by atoms with Gasteiger partial charge in [-0.15, -0.1) is 0 Å². The van der Waals surface area contributed by atoms with Crippen LogP contribution in [0.1, 0.15) is 22.3 Å². The standard InChI is InChI=1S/C35H19N3/c1-4-10-27-20(7-1)21-8-2-5-11-28(21)35(27)29-12-6-3-9-22(29)25-17-26-23-13-15-36-18-30(23)38-31-19-37-16-14-24(31)32(33(25)35)34(26)38/h1-19H. The fourth-order valence-electron chi connectivity index (χ4n) is 7.89. The summed E-state index contributed by atoms with van der Waals surface area (Å²) in [4.78, 5) is 9.08. The van der Waals surface area contributed by atoms with E-state index < -0.39 is 0 Å². The molecule has 0 radical (unpaired) electrons. The zero-order chi connectivity index (χ0) is 24.6. The third-order valence-corrected chi connectivity index (χ3v) is 9.11. The molecule has 0 unspecified atom stereocenters. The number of rotatable bonds is 0. The largest absolute Gasteiger partial charge is 0.305 e. The van der Waals surface area contributed by atoms with Crippen LogP contribution in [-0.4, -0.2) is 14.4 Å². The maximum absolute atomic E-state index is 4.57. The van der Waals surface area contributed by atoms with E-state index in [0.717, 1.165) is 11.0 Å². The van der Waals surface area contributed by atoms with Gasteiger partial charge in [0, 0.05) is 33.9 Å². The number of hydrogen-bond donors (Lipinski definition) is 0. The summed E-state index contributed by atoms with van der Waals surface area (Å²) in [6.45, 7) is 0. The van der Waals surface area contributed by atoms with Crippen LogP contribution in [0.25, 0.3) is 60.3 Å². The number of aromatic nitrogens is 3. The molecule has 4 heterocycles. The van der Waals surface area contributed by atoms with E-state index in [1.807, 2.05) is 24.8 Å². The predicted octanol–water partition coefficient (Wildman–Crippen LogP) is 7.97. The van der Waals surface area contributed by atoms with Crippen molar-refractivity contribution in [1.29, 1.82) is 0 Å². The highest BCUT2D eigenvalue weighted by Gasteiger charge is 2.53. The van der Waals surface area contributed by atoms with Gasteiger partial charge in [-0.05, 0) is 62.7 Å². The Labute approximate surface area is 218 Å². The van der Waals surface area contributed by atoms with Crippen molar-refractivity contribution in [2.45, 2.75) is 5.41 Å². The van der Waals surface area contributed by atoms with E-state index in [1.54, 1.807) is 0 Å². The zero-order valence-electron chi connectivity index (χ0n) is 20.3. The Morgan fingerprint density at radius 1 is 0.526 bits per heavy atom. The molecule has 0 aliphatic heterocycles. The topological polar surface area (TPSA) is 30.2 Å². The summed E-state index contributed by atoms with van der Waals surface area (Å²) in [5.41, 5.74) is 14.0. The minimum Gasteiger partial charge on any atom is -0.305 e. The molecule has 174 valence electrons. The fourth-order valence-corrected chi connectivity index (χ4v) is 7.89. The van der Waals surface area contributed by atoms with Gasteiger partial charge in [0.05, 0.1) is 34.4 Å². The highest BCUT2D eigenvalue weighted by atomic mass is 14.9. The van der Waals surface area contributed by atoms with Crippen LogP contribution >= 0.6 is 0 Å². The first-order valence-electron chi connectivity index (χ1n) is 13.1. The van der Waals surface area contributed by atoms with Crippen molar-refractivity contribution in [3.05, 3.63) is 138 Å². The van der Waals surface area contributed by atoms with Gasteiger partial charge in [-0.3, -0.25) is 9.97 Å². The first-order chi connectivity index (χ1) is 18.9. The zero-order valence-corrected chi connectivity index (χ0v) is 20.3. The summed E-state index contributed by atoms with van der Waals surface area (Å²) >= 11 is 0. The van der Waals surface area contributed by atoms with E-state index in [2.05, 4.69) is 105 Å². The summed E-state index contributed by atoms with van der Waals surface area (Å²) in [5, 5.41) is 5.09. The second-order valence-corrected chi connectivity index (χ2v) is 10.6. The van der Waals surface area contributed by atoms with Crippen molar-refractivity contribution < 1.29 is 0 Å². The maximum Gasteiger partial charge on any atom is 0.0732 e. The average molecular weight is 482 g/mol. The lowest BCUT2D eigenvalue weighted by molar-refractivity contribution is 0.802. The second kappa shape index (κ2) is 6.27. The van der Waals surface area contributed by atoms with Crippen LogP contribution < -0.4 is 0 Å². The monoisotopic (exact) mass is 481 g/mol. The van der Waals surface area contributed by atoms with E-state index in [9.17, 15) is 0 Å². The third kappa shape index (κ3) is 1.87. The molecule has 0 saturated carbocycles. The number of benzene rings is 4. The highest BCUT2D eigenvalue weighted by molar-refractivity contribution is 6.27. The van der Waals surface area contributed by atoms with Crippen LogP contribution in [0.4, 0.5) is 0 Å². The molecule has 38 heavy (non-hydrogen) atoms. The van der Waals surface area contributed by atoms with Crippen molar-refractivity contribution in [3.8, 4) is 22.3 Å². The van der Waals surface area contributed by atoms with Gasteiger partial charge in [-0.2, -0.15) is 0 Å². The lowest BCUT2D eigenvalue weighted by atomic mass is 9.69. The van der Waals surface area contributed by atoms with E-state index in [0.29, 0.717) is 0 Å². The van der Waals surface area contributed by atoms with E-state index in [-0.39, 0.29) is 5.41 Å². The van der Waals surface area contributed by atoms with Crippen molar-refractivity contribution in [2.75, 3.05) is 0 Å². The molecular weight excluding hydrogens is 462 g/mol. The minimum atomic E-state index is -0.382. The Balaban J connectivity index is 1.56. The lowest BCUT2D eigenvalue weighted by Gasteiger charge is -2.31. The number of pyridine rings is 2. The molecule has 8 aromatic rings.